The van der Waals surface area contributed by atoms with Crippen LogP contribution < -0.4 is 11.1 Å². The van der Waals surface area contributed by atoms with E-state index < -0.39 is 11.7 Å². The molecule has 0 aromatic heterocycles. The van der Waals surface area contributed by atoms with Gasteiger partial charge in [0.2, 0.25) is 5.91 Å². The van der Waals surface area contributed by atoms with Gasteiger partial charge in [0, 0.05) is 18.5 Å². The lowest BCUT2D eigenvalue weighted by molar-refractivity contribution is -0.137. The number of carbonyl (C=O) groups is 1. The SMILES string of the molecule is CC(N)CCC(=O)NC(C)Cc1ccc(C(F)(F)F)cc1. The van der Waals surface area contributed by atoms with Crippen LogP contribution in [0, 0.1) is 0 Å². The first-order valence-electron chi connectivity index (χ1n) is 6.89. The molecular formula is C15H21F3N2O. The van der Waals surface area contributed by atoms with E-state index in [9.17, 15) is 18.0 Å². The predicted octanol–water partition coefficient (Wildman–Crippen LogP) is 2.88. The van der Waals surface area contributed by atoms with E-state index in [0.717, 1.165) is 17.7 Å². The molecular weight excluding hydrogens is 281 g/mol. The molecule has 0 saturated heterocycles. The summed E-state index contributed by atoms with van der Waals surface area (Å²) in [7, 11) is 0. The van der Waals surface area contributed by atoms with Gasteiger partial charge >= 0.3 is 6.18 Å². The molecule has 1 aromatic carbocycles. The molecule has 21 heavy (non-hydrogen) atoms. The number of benzene rings is 1. The van der Waals surface area contributed by atoms with Crippen LogP contribution in [0.5, 0.6) is 0 Å². The number of nitrogens with two attached hydrogens (primary N) is 1. The monoisotopic (exact) mass is 302 g/mol. The zero-order valence-corrected chi connectivity index (χ0v) is 12.2. The molecule has 118 valence electrons. The van der Waals surface area contributed by atoms with Gasteiger partial charge in [0.05, 0.1) is 5.56 Å². The molecule has 0 aliphatic heterocycles. The number of alkyl halides is 3. The first-order chi connectivity index (χ1) is 9.68. The van der Waals surface area contributed by atoms with Crippen molar-refractivity contribution in [1.82, 2.24) is 5.32 Å². The minimum atomic E-state index is -4.32. The van der Waals surface area contributed by atoms with Gasteiger partial charge in [-0.1, -0.05) is 12.1 Å². The Bertz CT molecular complexity index is 455. The normalized spacial score (nSPS) is 14.6. The third-order valence-corrected chi connectivity index (χ3v) is 3.06. The molecule has 6 heteroatoms. The van der Waals surface area contributed by atoms with Crippen molar-refractivity contribution in [2.75, 3.05) is 0 Å². The molecule has 0 fully saturated rings. The highest BCUT2D eigenvalue weighted by molar-refractivity contribution is 5.76. The average molecular weight is 302 g/mol. The number of hydrogen-bond donors (Lipinski definition) is 2. The fourth-order valence-corrected chi connectivity index (χ4v) is 1.94. The fourth-order valence-electron chi connectivity index (χ4n) is 1.94. The van der Waals surface area contributed by atoms with Crippen LogP contribution >= 0.6 is 0 Å². The maximum atomic E-state index is 12.4. The van der Waals surface area contributed by atoms with E-state index in [2.05, 4.69) is 5.32 Å². The Labute approximate surface area is 122 Å². The highest BCUT2D eigenvalue weighted by Crippen LogP contribution is 2.29. The van der Waals surface area contributed by atoms with Crippen molar-refractivity contribution in [3.8, 4) is 0 Å². The van der Waals surface area contributed by atoms with Crippen LogP contribution in [-0.2, 0) is 17.4 Å². The summed E-state index contributed by atoms with van der Waals surface area (Å²) < 4.78 is 37.3. The summed E-state index contributed by atoms with van der Waals surface area (Å²) in [5.41, 5.74) is 5.66. The van der Waals surface area contributed by atoms with Gasteiger partial charge in [0.15, 0.2) is 0 Å². The average Bonchev–Trinajstić information content (AvgIpc) is 2.35. The summed E-state index contributed by atoms with van der Waals surface area (Å²) >= 11 is 0. The third kappa shape index (κ3) is 6.62. The van der Waals surface area contributed by atoms with Crippen LogP contribution in [0.1, 0.15) is 37.8 Å². The summed E-state index contributed by atoms with van der Waals surface area (Å²) in [4.78, 5) is 11.6. The molecule has 1 aromatic rings. The standard InChI is InChI=1S/C15H21F3N2O/c1-10(19)3-8-14(21)20-11(2)9-12-4-6-13(7-5-12)15(16,17)18/h4-7,10-11H,3,8-9,19H2,1-2H3,(H,20,21). The molecule has 0 aliphatic rings. The molecule has 1 rings (SSSR count). The van der Waals surface area contributed by atoms with Crippen LogP contribution in [0.4, 0.5) is 13.2 Å². The largest absolute Gasteiger partial charge is 0.416 e. The lowest BCUT2D eigenvalue weighted by Gasteiger charge is -2.15. The van der Waals surface area contributed by atoms with E-state index in [4.69, 9.17) is 5.73 Å². The molecule has 2 unspecified atom stereocenters. The molecule has 0 heterocycles. The van der Waals surface area contributed by atoms with Crippen molar-refractivity contribution in [2.24, 2.45) is 5.73 Å². The number of halogens is 3. The van der Waals surface area contributed by atoms with Crippen LogP contribution in [0.15, 0.2) is 24.3 Å². The lowest BCUT2D eigenvalue weighted by Crippen LogP contribution is -2.34. The summed E-state index contributed by atoms with van der Waals surface area (Å²) in [6.07, 6.45) is -2.87. The van der Waals surface area contributed by atoms with Crippen LogP contribution in [0.25, 0.3) is 0 Å². The van der Waals surface area contributed by atoms with Gasteiger partial charge in [-0.3, -0.25) is 4.79 Å². The minimum Gasteiger partial charge on any atom is -0.353 e. The second-order valence-electron chi connectivity index (χ2n) is 5.38. The first kappa shape index (κ1) is 17.5. The number of nitrogens with one attached hydrogen (secondary N) is 1. The summed E-state index contributed by atoms with van der Waals surface area (Å²) in [6.45, 7) is 3.65. The second kappa shape index (κ2) is 7.45. The number of rotatable bonds is 6. The van der Waals surface area contributed by atoms with Crippen molar-refractivity contribution in [3.63, 3.8) is 0 Å². The zero-order chi connectivity index (χ0) is 16.0. The number of hydrogen-bond acceptors (Lipinski definition) is 2. The minimum absolute atomic E-state index is 0.0269. The Morgan fingerprint density at radius 3 is 2.29 bits per heavy atom. The summed E-state index contributed by atoms with van der Waals surface area (Å²) in [6, 6.07) is 4.82. The second-order valence-corrected chi connectivity index (χ2v) is 5.38. The first-order valence-corrected chi connectivity index (χ1v) is 6.89. The summed E-state index contributed by atoms with van der Waals surface area (Å²) in [5.74, 6) is -0.0910. The zero-order valence-electron chi connectivity index (χ0n) is 12.2. The Balaban J connectivity index is 2.48. The molecule has 0 bridgehead atoms. The van der Waals surface area contributed by atoms with E-state index in [1.165, 1.54) is 12.1 Å². The van der Waals surface area contributed by atoms with Crippen LogP contribution in [0.3, 0.4) is 0 Å². The van der Waals surface area contributed by atoms with E-state index in [0.29, 0.717) is 19.3 Å². The summed E-state index contributed by atoms with van der Waals surface area (Å²) in [5, 5.41) is 2.81. The maximum absolute atomic E-state index is 12.4. The topological polar surface area (TPSA) is 55.1 Å². The van der Waals surface area contributed by atoms with E-state index in [-0.39, 0.29) is 18.0 Å². The van der Waals surface area contributed by atoms with Crippen molar-refractivity contribution >= 4 is 5.91 Å². The quantitative estimate of drug-likeness (QED) is 0.849. The third-order valence-electron chi connectivity index (χ3n) is 3.06. The number of carbonyl (C=O) groups excluding carboxylic acids is 1. The van der Waals surface area contributed by atoms with E-state index >= 15 is 0 Å². The van der Waals surface area contributed by atoms with Crippen LogP contribution in [-0.4, -0.2) is 18.0 Å². The highest BCUT2D eigenvalue weighted by atomic mass is 19.4. The van der Waals surface area contributed by atoms with Crippen molar-refractivity contribution in [1.29, 1.82) is 0 Å². The Kier molecular flexibility index (Phi) is 6.20. The van der Waals surface area contributed by atoms with E-state index in [1.807, 2.05) is 13.8 Å². The maximum Gasteiger partial charge on any atom is 0.416 e. The van der Waals surface area contributed by atoms with Gasteiger partial charge in [0.25, 0.3) is 0 Å². The molecule has 1 amide bonds. The highest BCUT2D eigenvalue weighted by Gasteiger charge is 2.29. The fraction of sp³-hybridized carbons (Fsp3) is 0.533. The van der Waals surface area contributed by atoms with Gasteiger partial charge in [0.1, 0.15) is 0 Å². The van der Waals surface area contributed by atoms with Gasteiger partial charge in [-0.25, -0.2) is 0 Å². The van der Waals surface area contributed by atoms with Crippen LogP contribution in [0.2, 0.25) is 0 Å². The molecule has 3 nitrogen and oxygen atoms in total. The molecule has 0 spiro atoms. The predicted molar refractivity (Wildman–Crippen MR) is 75.6 cm³/mol. The van der Waals surface area contributed by atoms with Gasteiger partial charge in [-0.2, -0.15) is 13.2 Å². The van der Waals surface area contributed by atoms with Gasteiger partial charge < -0.3 is 11.1 Å². The molecule has 0 radical (unpaired) electrons. The number of amides is 1. The molecule has 0 saturated carbocycles. The lowest BCUT2D eigenvalue weighted by atomic mass is 10.0. The van der Waals surface area contributed by atoms with Gasteiger partial charge in [-0.05, 0) is 44.4 Å². The Hall–Kier alpha value is -1.56. The Morgan fingerprint density at radius 2 is 1.81 bits per heavy atom. The smallest absolute Gasteiger partial charge is 0.353 e. The molecule has 3 N–H and O–H groups in total. The van der Waals surface area contributed by atoms with Crippen molar-refractivity contribution in [2.45, 2.75) is 51.4 Å². The Morgan fingerprint density at radius 1 is 1.24 bits per heavy atom. The van der Waals surface area contributed by atoms with Crippen molar-refractivity contribution in [3.05, 3.63) is 35.4 Å². The van der Waals surface area contributed by atoms with Crippen molar-refractivity contribution < 1.29 is 18.0 Å². The molecule has 2 atom stereocenters. The molecule has 0 aliphatic carbocycles. The van der Waals surface area contributed by atoms with Gasteiger partial charge in [-0.15, -0.1) is 0 Å². The van der Waals surface area contributed by atoms with E-state index in [1.54, 1.807) is 0 Å².